The zero-order chi connectivity index (χ0) is 20.4. The fourth-order valence-electron chi connectivity index (χ4n) is 2.25. The summed E-state index contributed by atoms with van der Waals surface area (Å²) in [7, 11) is -2.48. The van der Waals surface area contributed by atoms with E-state index in [1.807, 2.05) is 20.8 Å². The molecule has 0 spiro atoms. The fourth-order valence-corrected chi connectivity index (χ4v) is 3.75. The van der Waals surface area contributed by atoms with Crippen molar-refractivity contribution >= 4 is 21.9 Å². The third kappa shape index (κ3) is 5.93. The van der Waals surface area contributed by atoms with Gasteiger partial charge in [-0.2, -0.15) is 0 Å². The molecule has 1 aromatic carbocycles. The predicted octanol–water partition coefficient (Wildman–Crippen LogP) is 1.60. The molecule has 1 aliphatic carbocycles. The molecule has 1 aromatic rings. The number of methoxy groups -OCH3 is 1. The van der Waals surface area contributed by atoms with Crippen LogP contribution >= 0.6 is 0 Å². The second kappa shape index (κ2) is 7.85. The summed E-state index contributed by atoms with van der Waals surface area (Å²) in [6, 6.07) is 3.89. The Morgan fingerprint density at radius 2 is 1.85 bits per heavy atom. The van der Waals surface area contributed by atoms with Gasteiger partial charge in [-0.15, -0.1) is 0 Å². The van der Waals surface area contributed by atoms with E-state index in [1.54, 1.807) is 0 Å². The first kappa shape index (κ1) is 21.2. The average molecular weight is 398 g/mol. The standard InChI is InChI=1S/C18H26N2O6S/c1-11(16(21)19-18(2,3)4)26-17(22)12-6-9-14(25-5)15(10-12)27(23,24)20-13-7-8-13/h6,9-11,13,20H,7-8H2,1-5H3,(H,19,21)/t11-/m1/s1. The molecule has 0 radical (unpaired) electrons. The van der Waals surface area contributed by atoms with Crippen molar-refractivity contribution in [3.63, 3.8) is 0 Å². The minimum atomic E-state index is -3.83. The lowest BCUT2D eigenvalue weighted by Crippen LogP contribution is -2.46. The van der Waals surface area contributed by atoms with Crippen LogP contribution in [0.25, 0.3) is 0 Å². The van der Waals surface area contributed by atoms with Crippen LogP contribution in [-0.4, -0.2) is 45.1 Å². The smallest absolute Gasteiger partial charge is 0.338 e. The normalized spacial score (nSPS) is 15.7. The van der Waals surface area contributed by atoms with Crippen molar-refractivity contribution in [3.05, 3.63) is 23.8 Å². The van der Waals surface area contributed by atoms with Crippen molar-refractivity contribution in [3.8, 4) is 5.75 Å². The summed E-state index contributed by atoms with van der Waals surface area (Å²) in [4.78, 5) is 24.3. The van der Waals surface area contributed by atoms with Gasteiger partial charge in [0.1, 0.15) is 10.6 Å². The highest BCUT2D eigenvalue weighted by Gasteiger charge is 2.31. The van der Waals surface area contributed by atoms with Crippen molar-refractivity contribution in [1.29, 1.82) is 0 Å². The highest BCUT2D eigenvalue weighted by atomic mass is 32.2. The molecule has 27 heavy (non-hydrogen) atoms. The van der Waals surface area contributed by atoms with Crippen LogP contribution in [0.5, 0.6) is 5.75 Å². The van der Waals surface area contributed by atoms with Gasteiger partial charge in [-0.05, 0) is 58.7 Å². The van der Waals surface area contributed by atoms with E-state index >= 15 is 0 Å². The molecule has 0 aliphatic heterocycles. The van der Waals surface area contributed by atoms with Gasteiger partial charge in [0.25, 0.3) is 5.91 Å². The Morgan fingerprint density at radius 3 is 2.37 bits per heavy atom. The van der Waals surface area contributed by atoms with Crippen molar-refractivity contribution in [2.45, 2.75) is 63.1 Å². The number of nitrogens with one attached hydrogen (secondary N) is 2. The van der Waals surface area contributed by atoms with Crippen LogP contribution in [0.3, 0.4) is 0 Å². The molecule has 1 saturated carbocycles. The monoisotopic (exact) mass is 398 g/mol. The summed E-state index contributed by atoms with van der Waals surface area (Å²) < 4.78 is 37.9. The second-order valence-electron chi connectivity index (χ2n) is 7.55. The van der Waals surface area contributed by atoms with Crippen LogP contribution < -0.4 is 14.8 Å². The number of rotatable bonds is 7. The lowest BCUT2D eigenvalue weighted by atomic mass is 10.1. The van der Waals surface area contributed by atoms with Crippen LogP contribution in [0.1, 0.15) is 50.9 Å². The minimum Gasteiger partial charge on any atom is -0.495 e. The summed E-state index contributed by atoms with van der Waals surface area (Å²) in [5.74, 6) is -1.11. The van der Waals surface area contributed by atoms with E-state index in [0.29, 0.717) is 0 Å². The Bertz CT molecular complexity index is 825. The summed E-state index contributed by atoms with van der Waals surface area (Å²) in [6.45, 7) is 6.89. The first-order chi connectivity index (χ1) is 12.4. The summed E-state index contributed by atoms with van der Waals surface area (Å²) >= 11 is 0. The number of hydrogen-bond donors (Lipinski definition) is 2. The van der Waals surface area contributed by atoms with E-state index in [2.05, 4.69) is 10.0 Å². The predicted molar refractivity (Wildman–Crippen MR) is 99.1 cm³/mol. The van der Waals surface area contributed by atoms with Gasteiger partial charge in [-0.1, -0.05) is 0 Å². The van der Waals surface area contributed by atoms with Gasteiger partial charge in [-0.3, -0.25) is 4.79 Å². The molecule has 0 aromatic heterocycles. The lowest BCUT2D eigenvalue weighted by Gasteiger charge is -2.23. The first-order valence-corrected chi connectivity index (χ1v) is 10.1. The molecule has 0 bridgehead atoms. The average Bonchev–Trinajstić information content (AvgIpc) is 3.35. The molecule has 8 nitrogen and oxygen atoms in total. The molecule has 1 fully saturated rings. The lowest BCUT2D eigenvalue weighted by molar-refractivity contribution is -0.130. The van der Waals surface area contributed by atoms with Crippen LogP contribution in [0, 0.1) is 0 Å². The van der Waals surface area contributed by atoms with Crippen molar-refractivity contribution in [1.82, 2.24) is 10.0 Å². The third-order valence-electron chi connectivity index (χ3n) is 3.74. The maximum atomic E-state index is 12.5. The Labute approximate surface area is 159 Å². The summed E-state index contributed by atoms with van der Waals surface area (Å²) in [5, 5.41) is 2.72. The summed E-state index contributed by atoms with van der Waals surface area (Å²) in [6.07, 6.45) is 0.538. The first-order valence-electron chi connectivity index (χ1n) is 8.66. The van der Waals surface area contributed by atoms with Crippen molar-refractivity contribution in [2.24, 2.45) is 0 Å². The molecule has 0 heterocycles. The van der Waals surface area contributed by atoms with Crippen LogP contribution in [0.2, 0.25) is 0 Å². The minimum absolute atomic E-state index is 0.0161. The van der Waals surface area contributed by atoms with E-state index in [-0.39, 0.29) is 22.3 Å². The van der Waals surface area contributed by atoms with Gasteiger partial charge in [0.2, 0.25) is 10.0 Å². The highest BCUT2D eigenvalue weighted by molar-refractivity contribution is 7.89. The van der Waals surface area contributed by atoms with Crippen molar-refractivity contribution < 1.29 is 27.5 Å². The molecule has 2 N–H and O–H groups in total. The topological polar surface area (TPSA) is 111 Å². The van der Waals surface area contributed by atoms with Crippen LogP contribution in [0.15, 0.2) is 23.1 Å². The Balaban J connectivity index is 2.19. The SMILES string of the molecule is COc1ccc(C(=O)O[C@H](C)C(=O)NC(C)(C)C)cc1S(=O)(=O)NC1CC1. The number of hydrogen-bond acceptors (Lipinski definition) is 6. The molecule has 0 unspecified atom stereocenters. The zero-order valence-corrected chi connectivity index (χ0v) is 17.0. The zero-order valence-electron chi connectivity index (χ0n) is 16.2. The molecule has 2 rings (SSSR count). The van der Waals surface area contributed by atoms with Crippen LogP contribution in [0.4, 0.5) is 0 Å². The third-order valence-corrected chi connectivity index (χ3v) is 5.28. The molecule has 0 saturated heterocycles. The second-order valence-corrected chi connectivity index (χ2v) is 9.23. The van der Waals surface area contributed by atoms with Crippen molar-refractivity contribution in [2.75, 3.05) is 7.11 Å². The number of benzene rings is 1. The number of sulfonamides is 1. The van der Waals surface area contributed by atoms with E-state index < -0.39 is 33.5 Å². The maximum absolute atomic E-state index is 12.5. The molecular weight excluding hydrogens is 372 g/mol. The number of esters is 1. The maximum Gasteiger partial charge on any atom is 0.338 e. The number of amides is 1. The van der Waals surface area contributed by atoms with Gasteiger partial charge >= 0.3 is 5.97 Å². The van der Waals surface area contributed by atoms with E-state index in [9.17, 15) is 18.0 Å². The molecule has 1 aliphatic rings. The Kier molecular flexibility index (Phi) is 6.16. The fraction of sp³-hybridized carbons (Fsp3) is 0.556. The highest BCUT2D eigenvalue weighted by Crippen LogP contribution is 2.28. The van der Waals surface area contributed by atoms with E-state index in [1.165, 1.54) is 32.2 Å². The van der Waals surface area contributed by atoms with Gasteiger partial charge in [-0.25, -0.2) is 17.9 Å². The quantitative estimate of drug-likeness (QED) is 0.675. The largest absolute Gasteiger partial charge is 0.495 e. The molecular formula is C18H26N2O6S. The van der Waals surface area contributed by atoms with E-state index in [0.717, 1.165) is 12.8 Å². The summed E-state index contributed by atoms with van der Waals surface area (Å²) in [5.41, 5.74) is -0.449. The molecule has 1 amide bonds. The van der Waals surface area contributed by atoms with Gasteiger partial charge < -0.3 is 14.8 Å². The van der Waals surface area contributed by atoms with Gasteiger partial charge in [0.05, 0.1) is 12.7 Å². The van der Waals surface area contributed by atoms with Crippen LogP contribution in [-0.2, 0) is 19.6 Å². The number of carbonyl (C=O) groups excluding carboxylic acids is 2. The van der Waals surface area contributed by atoms with E-state index in [4.69, 9.17) is 9.47 Å². The molecule has 150 valence electrons. The number of carbonyl (C=O) groups is 2. The molecule has 9 heteroatoms. The van der Waals surface area contributed by atoms with Gasteiger partial charge in [0, 0.05) is 11.6 Å². The Hall–Kier alpha value is -2.13. The Morgan fingerprint density at radius 1 is 1.22 bits per heavy atom. The molecule has 1 atom stereocenters. The number of ether oxygens (including phenoxy) is 2. The van der Waals surface area contributed by atoms with Gasteiger partial charge in [0.15, 0.2) is 6.10 Å².